The molecular formula is C17H14ClFN2O3. The Morgan fingerprint density at radius 1 is 1.29 bits per heavy atom. The van der Waals surface area contributed by atoms with Crippen LogP contribution in [-0.4, -0.2) is 21.8 Å². The molecule has 0 aliphatic heterocycles. The highest BCUT2D eigenvalue weighted by atomic mass is 35.5. The summed E-state index contributed by atoms with van der Waals surface area (Å²) < 4.78 is 14.0. The van der Waals surface area contributed by atoms with E-state index in [-0.39, 0.29) is 40.3 Å². The van der Waals surface area contributed by atoms with Crippen molar-refractivity contribution in [3.8, 4) is 0 Å². The van der Waals surface area contributed by atoms with Crippen molar-refractivity contribution in [2.45, 2.75) is 25.4 Å². The van der Waals surface area contributed by atoms with Crippen LogP contribution in [0, 0.1) is 15.9 Å². The predicted octanol–water partition coefficient (Wildman–Crippen LogP) is 4.19. The smallest absolute Gasteiger partial charge is 0.270 e. The molecule has 2 aromatic rings. The maximum Gasteiger partial charge on any atom is 0.270 e. The normalized spacial score (nSPS) is 13.6. The number of hydrogen-bond donors (Lipinski definition) is 0. The number of halogens is 2. The summed E-state index contributed by atoms with van der Waals surface area (Å²) in [6.07, 6.45) is 1.65. The first-order valence-electron chi connectivity index (χ1n) is 7.45. The molecule has 7 heteroatoms. The third kappa shape index (κ3) is 3.38. The molecule has 5 nitrogen and oxygen atoms in total. The minimum atomic E-state index is -0.550. The number of rotatable bonds is 5. The van der Waals surface area contributed by atoms with Crippen LogP contribution in [0.1, 0.15) is 28.8 Å². The summed E-state index contributed by atoms with van der Waals surface area (Å²) in [6, 6.07) is 9.93. The van der Waals surface area contributed by atoms with Crippen LogP contribution in [0.15, 0.2) is 42.5 Å². The SMILES string of the molecule is O=C(c1cccc([N+](=O)[O-])c1)N(Cc1c(F)cccc1Cl)C1CC1. The number of non-ortho nitro benzene ring substituents is 1. The van der Waals surface area contributed by atoms with Gasteiger partial charge in [-0.1, -0.05) is 23.7 Å². The van der Waals surface area contributed by atoms with Gasteiger partial charge in [-0.05, 0) is 31.0 Å². The lowest BCUT2D eigenvalue weighted by Crippen LogP contribution is -2.33. The highest BCUT2D eigenvalue weighted by molar-refractivity contribution is 6.31. The van der Waals surface area contributed by atoms with Crippen LogP contribution in [0.25, 0.3) is 0 Å². The first kappa shape index (κ1) is 16.4. The third-order valence-corrected chi connectivity index (χ3v) is 4.30. The Hall–Kier alpha value is -2.47. The van der Waals surface area contributed by atoms with Crippen LogP contribution in [0.2, 0.25) is 5.02 Å². The molecule has 0 atom stereocenters. The number of amides is 1. The number of nitrogens with zero attached hydrogens (tertiary/aromatic N) is 2. The molecule has 0 bridgehead atoms. The summed E-state index contributed by atoms with van der Waals surface area (Å²) in [5.41, 5.74) is 0.314. The largest absolute Gasteiger partial charge is 0.331 e. The maximum absolute atomic E-state index is 14.0. The molecule has 1 fully saturated rings. The summed E-state index contributed by atoms with van der Waals surface area (Å²) in [7, 11) is 0. The average Bonchev–Trinajstić information content (AvgIpc) is 3.39. The van der Waals surface area contributed by atoms with Crippen molar-refractivity contribution >= 4 is 23.2 Å². The average molecular weight is 349 g/mol. The molecule has 24 heavy (non-hydrogen) atoms. The van der Waals surface area contributed by atoms with Gasteiger partial charge in [-0.2, -0.15) is 0 Å². The number of hydrogen-bond acceptors (Lipinski definition) is 3. The zero-order valence-corrected chi connectivity index (χ0v) is 13.4. The van der Waals surface area contributed by atoms with E-state index in [0.717, 1.165) is 12.8 Å². The number of nitro groups is 1. The fourth-order valence-corrected chi connectivity index (χ4v) is 2.75. The van der Waals surface area contributed by atoms with Gasteiger partial charge in [0.05, 0.1) is 11.5 Å². The van der Waals surface area contributed by atoms with E-state index in [1.165, 1.54) is 41.3 Å². The lowest BCUT2D eigenvalue weighted by atomic mass is 10.1. The van der Waals surface area contributed by atoms with E-state index >= 15 is 0 Å². The zero-order valence-electron chi connectivity index (χ0n) is 12.6. The zero-order chi connectivity index (χ0) is 17.3. The van der Waals surface area contributed by atoms with E-state index < -0.39 is 10.7 Å². The third-order valence-electron chi connectivity index (χ3n) is 3.94. The van der Waals surface area contributed by atoms with Gasteiger partial charge in [0, 0.05) is 34.3 Å². The first-order valence-corrected chi connectivity index (χ1v) is 7.83. The number of benzene rings is 2. The first-order chi connectivity index (χ1) is 11.5. The van der Waals surface area contributed by atoms with Gasteiger partial charge in [0.1, 0.15) is 5.82 Å². The van der Waals surface area contributed by atoms with Crippen molar-refractivity contribution < 1.29 is 14.1 Å². The molecule has 1 saturated carbocycles. The Labute approximate surface area is 142 Å². The van der Waals surface area contributed by atoms with Crippen molar-refractivity contribution in [3.05, 3.63) is 74.5 Å². The molecule has 0 spiro atoms. The molecule has 0 aromatic heterocycles. The highest BCUT2D eigenvalue weighted by Crippen LogP contribution is 2.32. The highest BCUT2D eigenvalue weighted by Gasteiger charge is 2.34. The number of carbonyl (C=O) groups is 1. The number of nitro benzene ring substituents is 1. The van der Waals surface area contributed by atoms with E-state index in [1.807, 2.05) is 0 Å². The van der Waals surface area contributed by atoms with Gasteiger partial charge < -0.3 is 4.90 Å². The molecule has 2 aromatic carbocycles. The predicted molar refractivity (Wildman–Crippen MR) is 87.4 cm³/mol. The van der Waals surface area contributed by atoms with Crippen LogP contribution < -0.4 is 0 Å². The Bertz CT molecular complexity index is 788. The molecule has 0 heterocycles. The fraction of sp³-hybridized carbons (Fsp3) is 0.235. The Morgan fingerprint density at radius 3 is 2.62 bits per heavy atom. The van der Waals surface area contributed by atoms with Crippen LogP contribution in [0.3, 0.4) is 0 Å². The molecular weight excluding hydrogens is 335 g/mol. The van der Waals surface area contributed by atoms with Gasteiger partial charge in [-0.3, -0.25) is 14.9 Å². The second kappa shape index (κ2) is 6.57. The standard InChI is InChI=1S/C17H14ClFN2O3/c18-15-5-2-6-16(19)14(15)10-20(12-7-8-12)17(22)11-3-1-4-13(9-11)21(23)24/h1-6,9,12H,7-8,10H2. The van der Waals surface area contributed by atoms with Crippen LogP contribution in [0.5, 0.6) is 0 Å². The summed E-state index contributed by atoms with van der Waals surface area (Å²) in [5, 5.41) is 11.1. The van der Waals surface area contributed by atoms with Crippen LogP contribution in [0.4, 0.5) is 10.1 Å². The van der Waals surface area contributed by atoms with Crippen molar-refractivity contribution in [2.75, 3.05) is 0 Å². The van der Waals surface area contributed by atoms with Gasteiger partial charge in [-0.25, -0.2) is 4.39 Å². The van der Waals surface area contributed by atoms with Crippen molar-refractivity contribution in [1.29, 1.82) is 0 Å². The molecule has 0 unspecified atom stereocenters. The summed E-state index contributed by atoms with van der Waals surface area (Å²) in [4.78, 5) is 24.6. The molecule has 1 amide bonds. The molecule has 0 N–H and O–H groups in total. The number of carbonyl (C=O) groups excluding carboxylic acids is 1. The topological polar surface area (TPSA) is 63.4 Å². The van der Waals surface area contributed by atoms with E-state index in [9.17, 15) is 19.3 Å². The van der Waals surface area contributed by atoms with Crippen LogP contribution in [-0.2, 0) is 6.54 Å². The second-order valence-electron chi connectivity index (χ2n) is 5.67. The van der Waals surface area contributed by atoms with Gasteiger partial charge in [0.15, 0.2) is 0 Å². The fourth-order valence-electron chi connectivity index (χ4n) is 2.52. The minimum Gasteiger partial charge on any atom is -0.331 e. The van der Waals surface area contributed by atoms with Gasteiger partial charge >= 0.3 is 0 Å². The monoisotopic (exact) mass is 348 g/mol. The van der Waals surface area contributed by atoms with E-state index in [2.05, 4.69) is 0 Å². The summed E-state index contributed by atoms with van der Waals surface area (Å²) >= 11 is 6.05. The van der Waals surface area contributed by atoms with Gasteiger partial charge in [0.25, 0.3) is 11.6 Å². The molecule has 1 aliphatic rings. The Morgan fingerprint density at radius 2 is 2.00 bits per heavy atom. The molecule has 0 radical (unpaired) electrons. The molecule has 1 aliphatic carbocycles. The quantitative estimate of drug-likeness (QED) is 0.601. The lowest BCUT2D eigenvalue weighted by Gasteiger charge is -2.23. The minimum absolute atomic E-state index is 0.00688. The molecule has 0 saturated heterocycles. The Balaban J connectivity index is 1.90. The van der Waals surface area contributed by atoms with Crippen LogP contribution >= 0.6 is 11.6 Å². The summed E-state index contributed by atoms with van der Waals surface area (Å²) in [6.45, 7) is 0.0394. The van der Waals surface area contributed by atoms with Gasteiger partial charge in [-0.15, -0.1) is 0 Å². The maximum atomic E-state index is 14.0. The summed E-state index contributed by atoms with van der Waals surface area (Å²) in [5.74, 6) is -0.833. The van der Waals surface area contributed by atoms with E-state index in [4.69, 9.17) is 11.6 Å². The van der Waals surface area contributed by atoms with Crippen molar-refractivity contribution in [1.82, 2.24) is 4.90 Å². The van der Waals surface area contributed by atoms with Gasteiger partial charge in [0.2, 0.25) is 0 Å². The van der Waals surface area contributed by atoms with E-state index in [1.54, 1.807) is 6.07 Å². The second-order valence-corrected chi connectivity index (χ2v) is 6.08. The van der Waals surface area contributed by atoms with E-state index in [0.29, 0.717) is 0 Å². The molecule has 3 rings (SSSR count). The molecule has 124 valence electrons. The Kier molecular flexibility index (Phi) is 4.49. The lowest BCUT2D eigenvalue weighted by molar-refractivity contribution is -0.384. The van der Waals surface area contributed by atoms with Crippen molar-refractivity contribution in [2.24, 2.45) is 0 Å². The van der Waals surface area contributed by atoms with Crippen molar-refractivity contribution in [3.63, 3.8) is 0 Å².